The minimum Gasteiger partial charge on any atom is -0.299 e. The van der Waals surface area contributed by atoms with Crippen molar-refractivity contribution in [3.63, 3.8) is 0 Å². The molecule has 0 aliphatic rings. The Labute approximate surface area is 169 Å². The fourth-order valence-corrected chi connectivity index (χ4v) is 5.23. The summed E-state index contributed by atoms with van der Waals surface area (Å²) in [5, 5.41) is 15.2. The van der Waals surface area contributed by atoms with E-state index in [9.17, 15) is 17.6 Å². The van der Waals surface area contributed by atoms with Gasteiger partial charge in [-0.1, -0.05) is 37.3 Å². The highest BCUT2D eigenvalue weighted by molar-refractivity contribution is 7.89. The maximum atomic E-state index is 13.9. The van der Waals surface area contributed by atoms with Gasteiger partial charge in [-0.15, -0.1) is 10.2 Å². The summed E-state index contributed by atoms with van der Waals surface area (Å²) in [6.45, 7) is 3.37. The Bertz CT molecular complexity index is 1070. The second kappa shape index (κ2) is 8.43. The van der Waals surface area contributed by atoms with Crippen molar-refractivity contribution in [2.75, 3.05) is 5.32 Å². The zero-order valence-electron chi connectivity index (χ0n) is 14.9. The molecule has 2 aromatic heterocycles. The van der Waals surface area contributed by atoms with Gasteiger partial charge in [-0.3, -0.25) is 10.1 Å². The zero-order valence-corrected chi connectivity index (χ0v) is 17.4. The number of carbonyl (C=O) groups excluding carboxylic acids is 1. The van der Waals surface area contributed by atoms with Crippen LogP contribution in [-0.4, -0.2) is 30.6 Å². The van der Waals surface area contributed by atoms with Gasteiger partial charge in [0.15, 0.2) is 0 Å². The first kappa shape index (κ1) is 20.5. The molecule has 0 aliphatic carbocycles. The first-order valence-corrected chi connectivity index (χ1v) is 11.5. The van der Waals surface area contributed by atoms with Crippen molar-refractivity contribution in [3.05, 3.63) is 46.9 Å². The van der Waals surface area contributed by atoms with Crippen molar-refractivity contribution < 1.29 is 17.6 Å². The first-order valence-electron chi connectivity index (χ1n) is 8.21. The van der Waals surface area contributed by atoms with E-state index in [-0.39, 0.29) is 11.0 Å². The molecule has 0 spiro atoms. The summed E-state index contributed by atoms with van der Waals surface area (Å²) in [4.78, 5) is 12.1. The third-order valence-electron chi connectivity index (χ3n) is 3.78. The summed E-state index contributed by atoms with van der Waals surface area (Å²) in [6, 6.07) is 5.77. The lowest BCUT2D eigenvalue weighted by molar-refractivity contribution is -0.118. The Morgan fingerprint density at radius 2 is 1.93 bits per heavy atom. The van der Waals surface area contributed by atoms with E-state index in [2.05, 4.69) is 20.2 Å². The van der Waals surface area contributed by atoms with Gasteiger partial charge in [0.25, 0.3) is 0 Å². The lowest BCUT2D eigenvalue weighted by atomic mass is 10.1. The lowest BCUT2D eigenvalue weighted by Crippen LogP contribution is -2.47. The Morgan fingerprint density at radius 3 is 2.57 bits per heavy atom. The molecule has 28 heavy (non-hydrogen) atoms. The van der Waals surface area contributed by atoms with Crippen LogP contribution in [0.5, 0.6) is 0 Å². The minimum absolute atomic E-state index is 0.252. The van der Waals surface area contributed by atoms with Gasteiger partial charge in [0.05, 0.1) is 0 Å². The molecule has 0 unspecified atom stereocenters. The van der Waals surface area contributed by atoms with Crippen molar-refractivity contribution >= 4 is 43.7 Å². The van der Waals surface area contributed by atoms with E-state index < -0.39 is 32.7 Å². The fourth-order valence-electron chi connectivity index (χ4n) is 2.35. The van der Waals surface area contributed by atoms with Crippen LogP contribution in [0, 0.1) is 11.7 Å². The molecule has 1 aromatic carbocycles. The largest absolute Gasteiger partial charge is 0.299 e. The second-order valence-corrected chi connectivity index (χ2v) is 9.63. The number of halogens is 1. The molecule has 0 saturated carbocycles. The van der Waals surface area contributed by atoms with Crippen LogP contribution in [0.1, 0.15) is 13.8 Å². The molecule has 1 atom stereocenters. The molecule has 0 fully saturated rings. The molecule has 2 N–H and O–H groups in total. The van der Waals surface area contributed by atoms with Crippen molar-refractivity contribution in [2.45, 2.75) is 24.8 Å². The smallest absolute Gasteiger partial charge is 0.244 e. The number of aromatic nitrogens is 2. The maximum Gasteiger partial charge on any atom is 0.244 e. The summed E-state index contributed by atoms with van der Waals surface area (Å²) < 4.78 is 41.2. The standard InChI is InChI=1S/C17H17FN4O3S3/c1-10(2)14(22-28(24,25)13-6-4-3-5-12(13)18)15(23)19-17-21-20-16(27-17)11-7-8-26-9-11/h3-10,14,22H,1-2H3,(H,19,21,23)/t14-/m0/s1. The summed E-state index contributed by atoms with van der Waals surface area (Å²) in [5.41, 5.74) is 0.892. The average molecular weight is 441 g/mol. The molecule has 0 aliphatic heterocycles. The van der Waals surface area contributed by atoms with Crippen LogP contribution in [0.25, 0.3) is 10.6 Å². The number of hydrogen-bond donors (Lipinski definition) is 2. The molecular weight excluding hydrogens is 423 g/mol. The zero-order chi connectivity index (χ0) is 20.3. The Hall–Kier alpha value is -2.21. The molecule has 1 amide bonds. The van der Waals surface area contributed by atoms with Crippen molar-refractivity contribution in [1.82, 2.24) is 14.9 Å². The summed E-state index contributed by atoms with van der Waals surface area (Å²) in [5.74, 6) is -1.86. The van der Waals surface area contributed by atoms with E-state index in [0.717, 1.165) is 17.7 Å². The molecule has 2 heterocycles. The van der Waals surface area contributed by atoms with Gasteiger partial charge in [0, 0.05) is 10.9 Å². The van der Waals surface area contributed by atoms with Crippen LogP contribution < -0.4 is 10.0 Å². The number of thiophene rings is 1. The number of nitrogens with zero attached hydrogens (tertiary/aromatic N) is 2. The summed E-state index contributed by atoms with van der Waals surface area (Å²) in [7, 11) is -4.22. The van der Waals surface area contributed by atoms with E-state index in [1.165, 1.54) is 34.8 Å². The van der Waals surface area contributed by atoms with Crippen LogP contribution >= 0.6 is 22.7 Å². The number of benzene rings is 1. The number of amides is 1. The third kappa shape index (κ3) is 4.61. The lowest BCUT2D eigenvalue weighted by Gasteiger charge is -2.21. The normalized spacial score (nSPS) is 12.9. The monoisotopic (exact) mass is 440 g/mol. The maximum absolute atomic E-state index is 13.9. The topological polar surface area (TPSA) is 101 Å². The predicted molar refractivity (Wildman–Crippen MR) is 107 cm³/mol. The molecule has 3 rings (SSSR count). The Balaban J connectivity index is 1.77. The van der Waals surface area contributed by atoms with Crippen LogP contribution in [0.2, 0.25) is 0 Å². The predicted octanol–water partition coefficient (Wildman–Crippen LogP) is 3.35. The van der Waals surface area contributed by atoms with Crippen LogP contribution in [0.3, 0.4) is 0 Å². The van der Waals surface area contributed by atoms with Gasteiger partial charge in [-0.05, 0) is 29.5 Å². The third-order valence-corrected chi connectivity index (χ3v) is 6.83. The molecule has 0 bridgehead atoms. The number of rotatable bonds is 7. The molecule has 7 nitrogen and oxygen atoms in total. The molecular formula is C17H17FN4O3S3. The molecule has 0 saturated heterocycles. The van der Waals surface area contributed by atoms with E-state index in [1.807, 2.05) is 16.8 Å². The summed E-state index contributed by atoms with van der Waals surface area (Å²) >= 11 is 2.70. The number of sulfonamides is 1. The fraction of sp³-hybridized carbons (Fsp3) is 0.235. The Kier molecular flexibility index (Phi) is 6.18. The average Bonchev–Trinajstić information content (AvgIpc) is 3.31. The van der Waals surface area contributed by atoms with Gasteiger partial charge in [0.2, 0.25) is 21.1 Å². The van der Waals surface area contributed by atoms with E-state index in [4.69, 9.17) is 0 Å². The SMILES string of the molecule is CC(C)[C@H](NS(=O)(=O)c1ccccc1F)C(=O)Nc1nnc(-c2ccsc2)s1. The van der Waals surface area contributed by atoms with Crippen LogP contribution in [0.15, 0.2) is 46.0 Å². The minimum atomic E-state index is -4.22. The molecule has 148 valence electrons. The molecule has 3 aromatic rings. The highest BCUT2D eigenvalue weighted by atomic mass is 32.2. The number of hydrogen-bond acceptors (Lipinski definition) is 7. The highest BCUT2D eigenvalue weighted by Crippen LogP contribution is 2.28. The van der Waals surface area contributed by atoms with E-state index in [0.29, 0.717) is 5.01 Å². The van der Waals surface area contributed by atoms with Crippen molar-refractivity contribution in [2.24, 2.45) is 5.92 Å². The van der Waals surface area contributed by atoms with Crippen molar-refractivity contribution in [1.29, 1.82) is 0 Å². The second-order valence-electron chi connectivity index (χ2n) is 6.19. The quantitative estimate of drug-likeness (QED) is 0.587. The number of anilines is 1. The van der Waals surface area contributed by atoms with Gasteiger partial charge < -0.3 is 0 Å². The number of nitrogens with one attached hydrogen (secondary N) is 2. The Morgan fingerprint density at radius 1 is 1.18 bits per heavy atom. The summed E-state index contributed by atoms with van der Waals surface area (Å²) in [6.07, 6.45) is 0. The molecule has 11 heteroatoms. The van der Waals surface area contributed by atoms with Gasteiger partial charge in [-0.2, -0.15) is 16.1 Å². The van der Waals surface area contributed by atoms with Crippen molar-refractivity contribution in [3.8, 4) is 10.6 Å². The van der Waals surface area contributed by atoms with E-state index in [1.54, 1.807) is 13.8 Å². The first-order chi connectivity index (χ1) is 13.3. The van der Waals surface area contributed by atoms with Gasteiger partial charge >= 0.3 is 0 Å². The van der Waals surface area contributed by atoms with Crippen LogP contribution in [-0.2, 0) is 14.8 Å². The van der Waals surface area contributed by atoms with Gasteiger partial charge in [0.1, 0.15) is 21.8 Å². The van der Waals surface area contributed by atoms with Crippen LogP contribution in [0.4, 0.5) is 9.52 Å². The molecule has 0 radical (unpaired) electrons. The number of carbonyl (C=O) groups is 1. The van der Waals surface area contributed by atoms with Gasteiger partial charge in [-0.25, -0.2) is 12.8 Å². The van der Waals surface area contributed by atoms with E-state index >= 15 is 0 Å². The highest BCUT2D eigenvalue weighted by Gasteiger charge is 2.30.